The highest BCUT2D eigenvalue weighted by Gasteiger charge is 2.26. The lowest BCUT2D eigenvalue weighted by Gasteiger charge is -2.31. The zero-order valence-electron chi connectivity index (χ0n) is 17.1. The van der Waals surface area contributed by atoms with Crippen LogP contribution in [0.2, 0.25) is 0 Å². The molecule has 0 bridgehead atoms. The van der Waals surface area contributed by atoms with Crippen molar-refractivity contribution in [1.82, 2.24) is 9.88 Å². The van der Waals surface area contributed by atoms with Gasteiger partial charge in [-0.05, 0) is 67.5 Å². The molecule has 0 radical (unpaired) electrons. The largest absolute Gasteiger partial charge is 0.448 e. The molecule has 1 fully saturated rings. The van der Waals surface area contributed by atoms with Gasteiger partial charge < -0.3 is 9.08 Å². The standard InChI is InChI=1S/C22H24N2O4S2/c1-15(29)24-12-9-16(10-13-24)21-20-8-7-19(28-30(25,26)27-2)14-18(20)6-5-17-4-3-11-23-22(17)21/h3-4,7-8,11,14H,5-6,9-10,12-13H2,1-2H3. The third-order valence-corrected chi connectivity index (χ3v) is 6.77. The minimum absolute atomic E-state index is 0.255. The van der Waals surface area contributed by atoms with Gasteiger partial charge in [0.25, 0.3) is 0 Å². The minimum Gasteiger partial charge on any atom is -0.366 e. The van der Waals surface area contributed by atoms with Crippen molar-refractivity contribution in [2.24, 2.45) is 0 Å². The Bertz CT molecular complexity index is 1120. The van der Waals surface area contributed by atoms with Gasteiger partial charge in [-0.25, -0.2) is 4.18 Å². The van der Waals surface area contributed by atoms with Crippen LogP contribution in [-0.2, 0) is 27.4 Å². The summed E-state index contributed by atoms with van der Waals surface area (Å²) in [5.41, 5.74) is 6.91. The van der Waals surface area contributed by atoms with Crippen LogP contribution in [0.3, 0.4) is 0 Å². The zero-order valence-corrected chi connectivity index (χ0v) is 18.7. The molecule has 158 valence electrons. The average molecular weight is 445 g/mol. The van der Waals surface area contributed by atoms with E-state index in [1.807, 2.05) is 25.3 Å². The third kappa shape index (κ3) is 4.26. The van der Waals surface area contributed by atoms with Gasteiger partial charge >= 0.3 is 10.4 Å². The Morgan fingerprint density at radius 2 is 1.83 bits per heavy atom. The lowest BCUT2D eigenvalue weighted by atomic mass is 9.88. The number of hydrogen-bond donors (Lipinski definition) is 0. The molecule has 2 aromatic rings. The fraction of sp³-hybridized carbons (Fsp3) is 0.364. The summed E-state index contributed by atoms with van der Waals surface area (Å²) in [5.74, 6) is 0.255. The summed E-state index contributed by atoms with van der Waals surface area (Å²) < 4.78 is 32.9. The summed E-state index contributed by atoms with van der Waals surface area (Å²) in [6.45, 7) is 3.78. The third-order valence-electron chi connectivity index (χ3n) is 5.71. The van der Waals surface area contributed by atoms with E-state index in [1.54, 1.807) is 12.1 Å². The predicted molar refractivity (Wildman–Crippen MR) is 120 cm³/mol. The number of hydrogen-bond acceptors (Lipinski definition) is 6. The molecule has 1 saturated heterocycles. The number of likely N-dealkylation sites (tertiary alicyclic amines) is 1. The Balaban J connectivity index is 1.80. The molecular formula is C22H24N2O4S2. The molecule has 1 aliphatic heterocycles. The van der Waals surface area contributed by atoms with Crippen LogP contribution in [0, 0.1) is 0 Å². The first kappa shape index (κ1) is 21.0. The van der Waals surface area contributed by atoms with E-state index in [-0.39, 0.29) is 5.75 Å². The van der Waals surface area contributed by atoms with Gasteiger partial charge in [-0.2, -0.15) is 8.42 Å². The van der Waals surface area contributed by atoms with Crippen molar-refractivity contribution < 1.29 is 16.8 Å². The maximum atomic E-state index is 11.7. The van der Waals surface area contributed by atoms with Crippen LogP contribution in [-0.4, -0.2) is 43.5 Å². The molecule has 6 nitrogen and oxygen atoms in total. The van der Waals surface area contributed by atoms with E-state index in [2.05, 4.69) is 15.1 Å². The molecule has 0 atom stereocenters. The first-order valence-electron chi connectivity index (χ1n) is 9.93. The maximum Gasteiger partial charge on any atom is 0.448 e. The van der Waals surface area contributed by atoms with Gasteiger partial charge in [-0.3, -0.25) is 4.98 Å². The summed E-state index contributed by atoms with van der Waals surface area (Å²) in [6, 6.07) is 9.51. The van der Waals surface area contributed by atoms with Gasteiger partial charge in [0.15, 0.2) is 0 Å². The summed E-state index contributed by atoms with van der Waals surface area (Å²) in [6.07, 6.45) is 5.30. The summed E-state index contributed by atoms with van der Waals surface area (Å²) in [4.78, 5) is 7.91. The molecule has 4 rings (SSSR count). The second kappa shape index (κ2) is 8.45. The molecule has 2 aliphatic rings. The van der Waals surface area contributed by atoms with E-state index in [0.717, 1.165) is 67.7 Å². The number of thiocarbonyl (C=S) groups is 1. The highest BCUT2D eigenvalue weighted by molar-refractivity contribution is 7.82. The van der Waals surface area contributed by atoms with Gasteiger partial charge in [0.05, 0.1) is 17.8 Å². The first-order chi connectivity index (χ1) is 14.4. The Morgan fingerprint density at radius 3 is 2.53 bits per heavy atom. The number of nitrogens with zero attached hydrogens (tertiary/aromatic N) is 2. The smallest absolute Gasteiger partial charge is 0.366 e. The molecule has 30 heavy (non-hydrogen) atoms. The lowest BCUT2D eigenvalue weighted by Crippen LogP contribution is -2.33. The van der Waals surface area contributed by atoms with Crippen molar-refractivity contribution in [3.05, 3.63) is 64.5 Å². The summed E-state index contributed by atoms with van der Waals surface area (Å²) >= 11 is 5.35. The van der Waals surface area contributed by atoms with E-state index >= 15 is 0 Å². The summed E-state index contributed by atoms with van der Waals surface area (Å²) in [5, 5.41) is 0. The van der Waals surface area contributed by atoms with Crippen LogP contribution in [0.1, 0.15) is 42.1 Å². The zero-order chi connectivity index (χ0) is 21.3. The Labute approximate surface area is 182 Å². The van der Waals surface area contributed by atoms with Crippen molar-refractivity contribution in [1.29, 1.82) is 0 Å². The van der Waals surface area contributed by atoms with Gasteiger partial charge in [-0.15, -0.1) is 0 Å². The van der Waals surface area contributed by atoms with Crippen LogP contribution in [0.25, 0.3) is 5.57 Å². The number of aromatic nitrogens is 1. The topological polar surface area (TPSA) is 68.7 Å². The molecule has 1 aliphatic carbocycles. The van der Waals surface area contributed by atoms with E-state index in [0.29, 0.717) is 0 Å². The molecule has 0 spiro atoms. The van der Waals surface area contributed by atoms with E-state index in [4.69, 9.17) is 21.4 Å². The van der Waals surface area contributed by atoms with Crippen molar-refractivity contribution in [2.45, 2.75) is 32.6 Å². The predicted octanol–water partition coefficient (Wildman–Crippen LogP) is 3.70. The van der Waals surface area contributed by atoms with Crippen LogP contribution >= 0.6 is 12.2 Å². The maximum absolute atomic E-state index is 11.7. The van der Waals surface area contributed by atoms with Crippen LogP contribution in [0.15, 0.2) is 42.1 Å². The average Bonchev–Trinajstić information content (AvgIpc) is 2.90. The number of benzene rings is 1. The van der Waals surface area contributed by atoms with Crippen molar-refractivity contribution >= 4 is 33.2 Å². The molecule has 0 N–H and O–H groups in total. The normalized spacial score (nSPS) is 16.5. The van der Waals surface area contributed by atoms with Crippen molar-refractivity contribution in [3.63, 3.8) is 0 Å². The number of rotatable bonds is 3. The molecule has 2 heterocycles. The number of fused-ring (bicyclic) bond motifs is 2. The molecular weight excluding hydrogens is 420 g/mol. The van der Waals surface area contributed by atoms with E-state index < -0.39 is 10.4 Å². The Hall–Kier alpha value is -2.29. The molecule has 0 amide bonds. The highest BCUT2D eigenvalue weighted by Crippen LogP contribution is 2.39. The summed E-state index contributed by atoms with van der Waals surface area (Å²) in [7, 11) is -2.97. The Morgan fingerprint density at radius 1 is 1.10 bits per heavy atom. The number of piperidine rings is 1. The van der Waals surface area contributed by atoms with Gasteiger partial charge in [0, 0.05) is 24.9 Å². The minimum atomic E-state index is -4.05. The van der Waals surface area contributed by atoms with Gasteiger partial charge in [0.2, 0.25) is 0 Å². The van der Waals surface area contributed by atoms with Gasteiger partial charge in [-0.1, -0.05) is 29.9 Å². The van der Waals surface area contributed by atoms with Crippen molar-refractivity contribution in [2.75, 3.05) is 20.2 Å². The Kier molecular flexibility index (Phi) is 5.90. The molecule has 0 unspecified atom stereocenters. The van der Waals surface area contributed by atoms with Crippen LogP contribution < -0.4 is 4.18 Å². The second-order valence-electron chi connectivity index (χ2n) is 7.47. The first-order valence-corrected chi connectivity index (χ1v) is 11.7. The number of aryl methyl sites for hydroxylation is 2. The fourth-order valence-corrected chi connectivity index (χ4v) is 4.78. The van der Waals surface area contributed by atoms with E-state index in [9.17, 15) is 8.42 Å². The lowest BCUT2D eigenvalue weighted by molar-refractivity contribution is 0.330. The molecule has 8 heteroatoms. The monoisotopic (exact) mass is 444 g/mol. The SMILES string of the molecule is COS(=O)(=O)Oc1ccc2c(c1)CCc1cccnc1C2=C1CCN(C(C)=S)CC1. The number of pyridine rings is 1. The van der Waals surface area contributed by atoms with Crippen LogP contribution in [0.4, 0.5) is 0 Å². The highest BCUT2D eigenvalue weighted by atomic mass is 32.3. The second-order valence-corrected chi connectivity index (χ2v) is 9.38. The quantitative estimate of drug-likeness (QED) is 0.669. The molecule has 1 aromatic heterocycles. The van der Waals surface area contributed by atoms with E-state index in [1.165, 1.54) is 16.7 Å². The van der Waals surface area contributed by atoms with Gasteiger partial charge in [0.1, 0.15) is 5.75 Å². The van der Waals surface area contributed by atoms with Crippen LogP contribution in [0.5, 0.6) is 5.75 Å². The van der Waals surface area contributed by atoms with Crippen molar-refractivity contribution in [3.8, 4) is 5.75 Å². The fourth-order valence-electron chi connectivity index (χ4n) is 4.19. The molecule has 0 saturated carbocycles. The molecule has 1 aromatic carbocycles.